The van der Waals surface area contributed by atoms with Crippen molar-refractivity contribution in [3.8, 4) is 5.75 Å². The predicted molar refractivity (Wildman–Crippen MR) is 76.0 cm³/mol. The van der Waals surface area contributed by atoms with E-state index in [9.17, 15) is 0 Å². The van der Waals surface area contributed by atoms with Gasteiger partial charge in [0.15, 0.2) is 0 Å². The number of halogens is 1. The Hall–Kier alpha value is -0.860. The van der Waals surface area contributed by atoms with E-state index < -0.39 is 0 Å². The van der Waals surface area contributed by atoms with Crippen molar-refractivity contribution in [2.45, 2.75) is 18.7 Å². The molecule has 90 valence electrons. The molecule has 0 N–H and O–H groups in total. The van der Waals surface area contributed by atoms with Crippen molar-refractivity contribution in [2.75, 3.05) is 6.61 Å². The molecule has 2 aromatic rings. The standard InChI is InChI=1S/C14H15ClOS/c1-10(2)9-16-13-5-3-12-8-14(17-15)6-4-11(12)7-13/h3-8,10H,9H2,1-2H3. The number of fused-ring (bicyclic) bond motifs is 1. The fourth-order valence-electron chi connectivity index (χ4n) is 1.60. The molecule has 2 rings (SSSR count). The van der Waals surface area contributed by atoms with Gasteiger partial charge in [0.05, 0.1) is 6.61 Å². The second kappa shape index (κ2) is 5.65. The van der Waals surface area contributed by atoms with Crippen molar-refractivity contribution in [2.24, 2.45) is 5.92 Å². The number of rotatable bonds is 4. The lowest BCUT2D eigenvalue weighted by Gasteiger charge is -2.09. The van der Waals surface area contributed by atoms with E-state index in [1.807, 2.05) is 12.1 Å². The number of benzene rings is 2. The molecule has 2 aromatic carbocycles. The van der Waals surface area contributed by atoms with Gasteiger partial charge in [0.25, 0.3) is 0 Å². The second-order valence-corrected chi connectivity index (χ2v) is 5.54. The van der Waals surface area contributed by atoms with Crippen molar-refractivity contribution in [1.82, 2.24) is 0 Å². The van der Waals surface area contributed by atoms with Crippen LogP contribution in [0.25, 0.3) is 10.8 Å². The number of hydrogen-bond acceptors (Lipinski definition) is 2. The number of hydrogen-bond donors (Lipinski definition) is 0. The van der Waals surface area contributed by atoms with Gasteiger partial charge in [0.2, 0.25) is 0 Å². The van der Waals surface area contributed by atoms with Crippen LogP contribution in [-0.2, 0) is 0 Å². The van der Waals surface area contributed by atoms with Gasteiger partial charge in [-0.25, -0.2) is 0 Å². The molecule has 0 aliphatic carbocycles. The first-order valence-corrected chi connectivity index (χ1v) is 7.28. The topological polar surface area (TPSA) is 9.23 Å². The molecule has 0 heterocycles. The van der Waals surface area contributed by atoms with Crippen LogP contribution >= 0.6 is 21.7 Å². The van der Waals surface area contributed by atoms with Crippen LogP contribution in [-0.4, -0.2) is 6.61 Å². The van der Waals surface area contributed by atoms with Crippen LogP contribution in [0.3, 0.4) is 0 Å². The second-order valence-electron chi connectivity index (χ2n) is 4.45. The van der Waals surface area contributed by atoms with Crippen LogP contribution in [0.4, 0.5) is 0 Å². The maximum Gasteiger partial charge on any atom is 0.119 e. The van der Waals surface area contributed by atoms with Crippen LogP contribution in [0.1, 0.15) is 13.8 Å². The molecule has 0 saturated carbocycles. The molecule has 0 aliphatic rings. The van der Waals surface area contributed by atoms with Gasteiger partial charge in [-0.1, -0.05) is 26.0 Å². The summed E-state index contributed by atoms with van der Waals surface area (Å²) in [6.07, 6.45) is 0. The predicted octanol–water partition coefficient (Wildman–Crippen LogP) is 5.12. The first-order valence-electron chi connectivity index (χ1n) is 5.64. The van der Waals surface area contributed by atoms with E-state index in [2.05, 4.69) is 38.1 Å². The van der Waals surface area contributed by atoms with E-state index in [0.717, 1.165) is 17.3 Å². The van der Waals surface area contributed by atoms with E-state index in [1.54, 1.807) is 0 Å². The molecule has 0 amide bonds. The Morgan fingerprint density at radius 2 is 1.82 bits per heavy atom. The molecule has 0 atom stereocenters. The van der Waals surface area contributed by atoms with Crippen molar-refractivity contribution < 1.29 is 4.74 Å². The van der Waals surface area contributed by atoms with Gasteiger partial charge in [0.1, 0.15) is 5.75 Å². The van der Waals surface area contributed by atoms with Gasteiger partial charge in [-0.15, -0.1) is 0 Å². The highest BCUT2D eigenvalue weighted by Crippen LogP contribution is 2.28. The van der Waals surface area contributed by atoms with Crippen LogP contribution in [0.5, 0.6) is 5.75 Å². The highest BCUT2D eigenvalue weighted by molar-refractivity contribution is 8.21. The lowest BCUT2D eigenvalue weighted by atomic mass is 10.1. The SMILES string of the molecule is CC(C)COc1ccc2cc(SCl)ccc2c1. The van der Waals surface area contributed by atoms with Gasteiger partial charge in [-0.2, -0.15) is 0 Å². The van der Waals surface area contributed by atoms with Crippen molar-refractivity contribution in [1.29, 1.82) is 0 Å². The fraction of sp³-hybridized carbons (Fsp3) is 0.286. The van der Waals surface area contributed by atoms with Gasteiger partial charge in [-0.3, -0.25) is 0 Å². The van der Waals surface area contributed by atoms with E-state index in [-0.39, 0.29) is 0 Å². The maximum atomic E-state index is 5.74. The summed E-state index contributed by atoms with van der Waals surface area (Å²) in [5.41, 5.74) is 0. The van der Waals surface area contributed by atoms with E-state index in [1.165, 1.54) is 21.7 Å². The molecule has 0 aromatic heterocycles. The lowest BCUT2D eigenvalue weighted by molar-refractivity contribution is 0.271. The summed E-state index contributed by atoms with van der Waals surface area (Å²) in [6, 6.07) is 12.3. The molecule has 0 fully saturated rings. The molecule has 0 unspecified atom stereocenters. The normalized spacial score (nSPS) is 11.1. The number of ether oxygens (including phenoxy) is 1. The quantitative estimate of drug-likeness (QED) is 0.760. The van der Waals surface area contributed by atoms with Crippen molar-refractivity contribution in [3.05, 3.63) is 36.4 Å². The first kappa shape index (κ1) is 12.6. The maximum absolute atomic E-state index is 5.74. The van der Waals surface area contributed by atoms with Crippen LogP contribution in [0.2, 0.25) is 0 Å². The monoisotopic (exact) mass is 266 g/mol. The molecular weight excluding hydrogens is 252 g/mol. The Bertz CT molecular complexity index is 511. The van der Waals surface area contributed by atoms with Gasteiger partial charge in [-0.05, 0) is 62.6 Å². The summed E-state index contributed by atoms with van der Waals surface area (Å²) in [6.45, 7) is 5.04. The lowest BCUT2D eigenvalue weighted by Crippen LogP contribution is -2.04. The fourth-order valence-corrected chi connectivity index (χ4v) is 2.18. The molecule has 17 heavy (non-hydrogen) atoms. The molecule has 3 heteroatoms. The average molecular weight is 267 g/mol. The minimum Gasteiger partial charge on any atom is -0.493 e. The van der Waals surface area contributed by atoms with E-state index in [4.69, 9.17) is 15.4 Å². The third-order valence-electron chi connectivity index (χ3n) is 2.46. The molecule has 0 aliphatic heterocycles. The zero-order valence-electron chi connectivity index (χ0n) is 9.94. The zero-order valence-corrected chi connectivity index (χ0v) is 11.5. The Balaban J connectivity index is 2.25. The Kier molecular flexibility index (Phi) is 4.19. The minimum atomic E-state index is 0.542. The molecule has 0 bridgehead atoms. The van der Waals surface area contributed by atoms with Crippen LogP contribution < -0.4 is 4.74 Å². The van der Waals surface area contributed by atoms with Crippen LogP contribution in [0, 0.1) is 5.92 Å². The van der Waals surface area contributed by atoms with Gasteiger partial charge < -0.3 is 4.74 Å². The van der Waals surface area contributed by atoms with Crippen molar-refractivity contribution >= 4 is 32.4 Å². The first-order chi connectivity index (χ1) is 8.19. The summed E-state index contributed by atoms with van der Waals surface area (Å²) >= 11 is 0. The molecule has 1 nitrogen and oxygen atoms in total. The molecule has 0 radical (unpaired) electrons. The smallest absolute Gasteiger partial charge is 0.119 e. The van der Waals surface area contributed by atoms with Gasteiger partial charge >= 0.3 is 0 Å². The highest BCUT2D eigenvalue weighted by Gasteiger charge is 2.00. The average Bonchev–Trinajstić information content (AvgIpc) is 2.35. The van der Waals surface area contributed by atoms with Crippen molar-refractivity contribution in [3.63, 3.8) is 0 Å². The summed E-state index contributed by atoms with van der Waals surface area (Å²) in [7, 11) is 6.98. The molecule has 0 spiro atoms. The Morgan fingerprint density at radius 3 is 2.53 bits per heavy atom. The third kappa shape index (κ3) is 3.30. The largest absolute Gasteiger partial charge is 0.493 e. The highest BCUT2D eigenvalue weighted by atomic mass is 35.7. The van der Waals surface area contributed by atoms with Gasteiger partial charge in [0, 0.05) is 4.90 Å². The summed E-state index contributed by atoms with van der Waals surface area (Å²) in [4.78, 5) is 1.06. The molecule has 0 saturated heterocycles. The molecular formula is C14H15ClOS. The van der Waals surface area contributed by atoms with Crippen LogP contribution in [0.15, 0.2) is 41.3 Å². The minimum absolute atomic E-state index is 0.542. The Labute approximate surface area is 111 Å². The van der Waals surface area contributed by atoms with E-state index in [0.29, 0.717) is 5.92 Å². The third-order valence-corrected chi connectivity index (χ3v) is 3.42. The Morgan fingerprint density at radius 1 is 1.12 bits per heavy atom. The summed E-state index contributed by atoms with van der Waals surface area (Å²) in [5.74, 6) is 1.47. The van der Waals surface area contributed by atoms with E-state index >= 15 is 0 Å². The zero-order chi connectivity index (χ0) is 12.3. The summed E-state index contributed by atoms with van der Waals surface area (Å²) in [5, 5.41) is 2.37. The summed E-state index contributed by atoms with van der Waals surface area (Å²) < 4.78 is 5.70.